The van der Waals surface area contributed by atoms with Crippen LogP contribution in [0.1, 0.15) is 29.9 Å². The van der Waals surface area contributed by atoms with Gasteiger partial charge in [0.25, 0.3) is 0 Å². The van der Waals surface area contributed by atoms with Crippen molar-refractivity contribution < 1.29 is 20.1 Å². The lowest BCUT2D eigenvalue weighted by Crippen LogP contribution is -2.10. The minimum Gasteiger partial charge on any atom is -0.508 e. The summed E-state index contributed by atoms with van der Waals surface area (Å²) in [5.74, 6) is -0.307. The fourth-order valence-corrected chi connectivity index (χ4v) is 4.02. The molecule has 162 valence electrons. The summed E-state index contributed by atoms with van der Waals surface area (Å²) < 4.78 is 2.01. The van der Waals surface area contributed by atoms with E-state index < -0.39 is 5.97 Å². The van der Waals surface area contributed by atoms with Gasteiger partial charge in [-0.2, -0.15) is 0 Å². The molecule has 0 aliphatic carbocycles. The molecule has 0 atom stereocenters. The summed E-state index contributed by atoms with van der Waals surface area (Å²) >= 11 is 0. The van der Waals surface area contributed by atoms with Crippen LogP contribution in [-0.2, 0) is 6.42 Å². The number of carboxylic acids is 1. The number of phenolic OH excluding ortho intramolecular Hbond substituents is 2. The Morgan fingerprint density at radius 2 is 1.41 bits per heavy atom. The number of hydrogen-bond donors (Lipinski definition) is 3. The van der Waals surface area contributed by atoms with Gasteiger partial charge in [0.1, 0.15) is 11.5 Å². The highest BCUT2D eigenvalue weighted by Gasteiger charge is 2.23. The summed E-state index contributed by atoms with van der Waals surface area (Å²) in [5, 5.41) is 29.5. The molecule has 0 amide bonds. The average Bonchev–Trinajstić information content (AvgIpc) is 3.13. The number of para-hydroxylation sites is 1. The number of nitrogens with zero attached hydrogens (tertiary/aromatic N) is 1. The van der Waals surface area contributed by atoms with Crippen molar-refractivity contribution in [1.82, 2.24) is 4.57 Å². The summed E-state index contributed by atoms with van der Waals surface area (Å²) in [7, 11) is 0. The largest absolute Gasteiger partial charge is 0.508 e. The van der Waals surface area contributed by atoms with Crippen LogP contribution in [0.2, 0.25) is 0 Å². The van der Waals surface area contributed by atoms with Crippen molar-refractivity contribution in [3.8, 4) is 39.6 Å². The summed E-state index contributed by atoms with van der Waals surface area (Å²) in [5.41, 5.74) is 5.30. The van der Waals surface area contributed by atoms with Crippen LogP contribution in [-0.4, -0.2) is 25.9 Å². The molecule has 5 heteroatoms. The third-order valence-electron chi connectivity index (χ3n) is 5.39. The molecule has 0 aliphatic rings. The van der Waals surface area contributed by atoms with E-state index in [4.69, 9.17) is 0 Å². The summed E-state index contributed by atoms with van der Waals surface area (Å²) in [4.78, 5) is 12.1. The topological polar surface area (TPSA) is 82.7 Å². The van der Waals surface area contributed by atoms with Crippen LogP contribution in [0.3, 0.4) is 0 Å². The number of aromatic carboxylic acids is 1. The number of carbonyl (C=O) groups is 1. The number of aromatic nitrogens is 1. The number of aromatic hydroxyl groups is 2. The van der Waals surface area contributed by atoms with Gasteiger partial charge in [0, 0.05) is 11.3 Å². The van der Waals surface area contributed by atoms with Crippen molar-refractivity contribution in [1.29, 1.82) is 0 Å². The molecule has 0 saturated carbocycles. The van der Waals surface area contributed by atoms with Gasteiger partial charge in [-0.25, -0.2) is 4.79 Å². The molecule has 1 heterocycles. The van der Waals surface area contributed by atoms with Crippen LogP contribution >= 0.6 is 0 Å². The lowest BCUT2D eigenvalue weighted by molar-refractivity contribution is 0.0697. The molecule has 0 saturated heterocycles. The highest BCUT2D eigenvalue weighted by molar-refractivity contribution is 5.93. The summed E-state index contributed by atoms with van der Waals surface area (Å²) in [6.45, 7) is 4.25. The fourth-order valence-electron chi connectivity index (χ4n) is 4.02. The second-order valence-electron chi connectivity index (χ2n) is 8.25. The van der Waals surface area contributed by atoms with Gasteiger partial charge in [0.15, 0.2) is 0 Å². The van der Waals surface area contributed by atoms with E-state index in [0.717, 1.165) is 34.5 Å². The standard InChI is InChI=1S/C27H25NO4/c1-17(2)15-20-16-24(18-7-11-21(29)12-8-18)26(19-9-13-22(30)14-10-19)28(20)25-6-4-3-5-23(25)27(31)32/h3-14,16-17,29-30H,15H2,1-2H3,(H,31,32). The maximum Gasteiger partial charge on any atom is 0.337 e. The van der Waals surface area contributed by atoms with E-state index in [1.54, 1.807) is 36.4 Å². The predicted molar refractivity (Wildman–Crippen MR) is 125 cm³/mol. The monoisotopic (exact) mass is 427 g/mol. The molecular formula is C27H25NO4. The Hall–Kier alpha value is -3.99. The van der Waals surface area contributed by atoms with Crippen molar-refractivity contribution >= 4 is 5.97 Å². The number of benzene rings is 3. The molecule has 1 aromatic heterocycles. The van der Waals surface area contributed by atoms with Crippen LogP contribution in [0.15, 0.2) is 78.9 Å². The van der Waals surface area contributed by atoms with E-state index in [-0.39, 0.29) is 17.1 Å². The molecule has 0 fully saturated rings. The van der Waals surface area contributed by atoms with Crippen molar-refractivity contribution in [3.63, 3.8) is 0 Å². The summed E-state index contributed by atoms with van der Waals surface area (Å²) in [6.07, 6.45) is 0.747. The molecule has 0 aliphatic heterocycles. The molecule has 4 aromatic rings. The van der Waals surface area contributed by atoms with Gasteiger partial charge in [-0.15, -0.1) is 0 Å². The molecule has 3 aromatic carbocycles. The van der Waals surface area contributed by atoms with E-state index in [2.05, 4.69) is 19.9 Å². The van der Waals surface area contributed by atoms with Crippen LogP contribution < -0.4 is 0 Å². The second-order valence-corrected chi connectivity index (χ2v) is 8.25. The minimum absolute atomic E-state index is 0.159. The number of carboxylic acid groups (broad SMARTS) is 1. The normalized spacial score (nSPS) is 11.1. The van der Waals surface area contributed by atoms with Gasteiger partial charge in [-0.1, -0.05) is 38.1 Å². The first-order chi connectivity index (χ1) is 15.3. The minimum atomic E-state index is -0.993. The van der Waals surface area contributed by atoms with Gasteiger partial charge in [0.05, 0.1) is 16.9 Å². The first-order valence-corrected chi connectivity index (χ1v) is 10.5. The fraction of sp³-hybridized carbons (Fsp3) is 0.148. The van der Waals surface area contributed by atoms with Gasteiger partial charge in [-0.05, 0) is 78.1 Å². The van der Waals surface area contributed by atoms with Gasteiger partial charge in [-0.3, -0.25) is 0 Å². The Morgan fingerprint density at radius 1 is 0.844 bits per heavy atom. The van der Waals surface area contributed by atoms with Crippen LogP contribution in [0, 0.1) is 5.92 Å². The third-order valence-corrected chi connectivity index (χ3v) is 5.39. The van der Waals surface area contributed by atoms with Crippen LogP contribution in [0.25, 0.3) is 28.1 Å². The van der Waals surface area contributed by atoms with Crippen molar-refractivity contribution in [2.24, 2.45) is 5.92 Å². The molecule has 32 heavy (non-hydrogen) atoms. The lowest BCUT2D eigenvalue weighted by Gasteiger charge is -2.18. The third kappa shape index (κ3) is 4.10. The van der Waals surface area contributed by atoms with Crippen molar-refractivity contribution in [2.75, 3.05) is 0 Å². The van der Waals surface area contributed by atoms with Crippen molar-refractivity contribution in [2.45, 2.75) is 20.3 Å². The Balaban J connectivity index is 2.09. The highest BCUT2D eigenvalue weighted by Crippen LogP contribution is 2.39. The average molecular weight is 428 g/mol. The molecule has 4 rings (SSSR count). The first kappa shape index (κ1) is 21.2. The Kier molecular flexibility index (Phi) is 5.73. The molecular weight excluding hydrogens is 402 g/mol. The zero-order chi connectivity index (χ0) is 22.8. The second kappa shape index (κ2) is 8.63. The van der Waals surface area contributed by atoms with Gasteiger partial charge < -0.3 is 19.9 Å². The lowest BCUT2D eigenvalue weighted by atomic mass is 10.0. The maximum absolute atomic E-state index is 12.1. The zero-order valence-electron chi connectivity index (χ0n) is 18.0. The van der Waals surface area contributed by atoms with E-state index in [1.165, 1.54) is 0 Å². The Morgan fingerprint density at radius 3 is 1.97 bits per heavy atom. The molecule has 0 unspecified atom stereocenters. The molecule has 3 N–H and O–H groups in total. The van der Waals surface area contributed by atoms with E-state index in [0.29, 0.717) is 11.6 Å². The number of phenols is 2. The first-order valence-electron chi connectivity index (χ1n) is 10.5. The van der Waals surface area contributed by atoms with E-state index in [9.17, 15) is 20.1 Å². The Bertz CT molecular complexity index is 1250. The van der Waals surface area contributed by atoms with E-state index in [1.807, 2.05) is 41.0 Å². The zero-order valence-corrected chi connectivity index (χ0v) is 18.0. The van der Waals surface area contributed by atoms with Crippen molar-refractivity contribution in [3.05, 3.63) is 90.1 Å². The van der Waals surface area contributed by atoms with Gasteiger partial charge >= 0.3 is 5.97 Å². The van der Waals surface area contributed by atoms with Crippen LogP contribution in [0.5, 0.6) is 11.5 Å². The molecule has 0 bridgehead atoms. The molecule has 0 radical (unpaired) electrons. The quantitative estimate of drug-likeness (QED) is 0.346. The summed E-state index contributed by atoms with van der Waals surface area (Å²) in [6, 6.07) is 23.0. The highest BCUT2D eigenvalue weighted by atomic mass is 16.4. The smallest absolute Gasteiger partial charge is 0.337 e. The Labute approximate surface area is 186 Å². The number of rotatable bonds is 6. The molecule has 5 nitrogen and oxygen atoms in total. The van der Waals surface area contributed by atoms with Crippen LogP contribution in [0.4, 0.5) is 0 Å². The number of hydrogen-bond acceptors (Lipinski definition) is 3. The van der Waals surface area contributed by atoms with E-state index >= 15 is 0 Å². The van der Waals surface area contributed by atoms with Gasteiger partial charge in [0.2, 0.25) is 0 Å². The molecule has 0 spiro atoms. The maximum atomic E-state index is 12.1. The predicted octanol–water partition coefficient (Wildman–Crippen LogP) is 6.12. The SMILES string of the molecule is CC(C)Cc1cc(-c2ccc(O)cc2)c(-c2ccc(O)cc2)n1-c1ccccc1C(=O)O.